The van der Waals surface area contributed by atoms with Crippen molar-refractivity contribution >= 4 is 35.1 Å². The third kappa shape index (κ3) is 6.08. The van der Waals surface area contributed by atoms with Crippen LogP contribution >= 0.6 is 23.2 Å². The van der Waals surface area contributed by atoms with E-state index in [4.69, 9.17) is 33.9 Å². The highest BCUT2D eigenvalue weighted by Crippen LogP contribution is 2.25. The Morgan fingerprint density at radius 1 is 1.40 bits per heavy atom. The first kappa shape index (κ1) is 19.9. The molecule has 0 aliphatic carbocycles. The van der Waals surface area contributed by atoms with Crippen molar-refractivity contribution in [2.75, 3.05) is 26.2 Å². The number of amides is 1. The van der Waals surface area contributed by atoms with E-state index in [1.807, 2.05) is 25.1 Å². The predicted molar refractivity (Wildman–Crippen MR) is 104 cm³/mol. The molecule has 1 aliphatic heterocycles. The molecule has 1 unspecified atom stereocenters. The fourth-order valence-electron chi connectivity index (χ4n) is 3.18. The smallest absolute Gasteiger partial charge is 0.217 e. The molecule has 5 nitrogen and oxygen atoms in total. The Kier molecular flexibility index (Phi) is 7.85. The number of carbonyl (C=O) groups excluding carboxylic acids is 1. The van der Waals surface area contributed by atoms with Gasteiger partial charge in [-0.2, -0.15) is 0 Å². The van der Waals surface area contributed by atoms with Gasteiger partial charge < -0.3 is 16.0 Å². The van der Waals surface area contributed by atoms with Crippen LogP contribution in [0.2, 0.25) is 10.0 Å². The molecular weight excluding hydrogens is 359 g/mol. The van der Waals surface area contributed by atoms with E-state index in [-0.39, 0.29) is 5.91 Å². The van der Waals surface area contributed by atoms with Crippen molar-refractivity contribution < 1.29 is 4.79 Å². The summed E-state index contributed by atoms with van der Waals surface area (Å²) in [5, 5.41) is 4.68. The van der Waals surface area contributed by atoms with Crippen molar-refractivity contribution in [3.8, 4) is 0 Å². The lowest BCUT2D eigenvalue weighted by atomic mass is 9.95. The van der Waals surface area contributed by atoms with Gasteiger partial charge in [-0.05, 0) is 49.8 Å². The fourth-order valence-corrected chi connectivity index (χ4v) is 3.77. The molecule has 0 aromatic heterocycles. The average molecular weight is 385 g/mol. The number of halogens is 2. The number of nitrogens with one attached hydrogen (secondary N) is 1. The van der Waals surface area contributed by atoms with Gasteiger partial charge in [0.05, 0.1) is 0 Å². The van der Waals surface area contributed by atoms with Crippen LogP contribution in [0.1, 0.15) is 31.7 Å². The standard InChI is InChI=1S/C18H26Cl2N4O/c1-2-22-18(24-10-4-5-13(12-24)11-17(21)25)23-9-8-14-15(19)6-3-7-16(14)20/h3,6-7,13H,2,4-5,8-12H2,1H3,(H2,21,25)(H,22,23). The quantitative estimate of drug-likeness (QED) is 0.584. The Hall–Kier alpha value is -1.46. The molecule has 1 atom stereocenters. The van der Waals surface area contributed by atoms with Crippen LogP contribution in [0.25, 0.3) is 0 Å². The Labute approximate surface area is 159 Å². The lowest BCUT2D eigenvalue weighted by Crippen LogP contribution is -2.47. The van der Waals surface area contributed by atoms with Crippen molar-refractivity contribution in [1.82, 2.24) is 10.2 Å². The summed E-state index contributed by atoms with van der Waals surface area (Å²) >= 11 is 12.4. The third-order valence-electron chi connectivity index (χ3n) is 4.33. The van der Waals surface area contributed by atoms with Crippen LogP contribution in [0.4, 0.5) is 0 Å². The number of likely N-dealkylation sites (tertiary alicyclic amines) is 1. The van der Waals surface area contributed by atoms with Crippen molar-refractivity contribution in [2.45, 2.75) is 32.6 Å². The van der Waals surface area contributed by atoms with Crippen LogP contribution in [-0.4, -0.2) is 42.9 Å². The number of hydrogen-bond donors (Lipinski definition) is 2. The third-order valence-corrected chi connectivity index (χ3v) is 5.04. The monoisotopic (exact) mass is 384 g/mol. The first-order valence-electron chi connectivity index (χ1n) is 8.75. The van der Waals surface area contributed by atoms with Gasteiger partial charge in [0, 0.05) is 42.6 Å². The Balaban J connectivity index is 2.01. The van der Waals surface area contributed by atoms with Gasteiger partial charge in [-0.1, -0.05) is 29.3 Å². The van der Waals surface area contributed by atoms with E-state index >= 15 is 0 Å². The van der Waals surface area contributed by atoms with Gasteiger partial charge in [0.2, 0.25) is 5.91 Å². The zero-order valence-corrected chi connectivity index (χ0v) is 16.1. The summed E-state index contributed by atoms with van der Waals surface area (Å²) in [6.45, 7) is 5.19. The number of primary amides is 1. The molecule has 138 valence electrons. The first-order chi connectivity index (χ1) is 12.0. The van der Waals surface area contributed by atoms with Crippen molar-refractivity contribution in [1.29, 1.82) is 0 Å². The number of benzene rings is 1. The molecule has 1 aliphatic rings. The zero-order chi connectivity index (χ0) is 18.2. The first-order valence-corrected chi connectivity index (χ1v) is 9.51. The van der Waals surface area contributed by atoms with E-state index < -0.39 is 0 Å². The summed E-state index contributed by atoms with van der Waals surface area (Å²) in [5.41, 5.74) is 6.27. The number of nitrogens with two attached hydrogens (primary N) is 1. The second-order valence-electron chi connectivity index (χ2n) is 6.31. The average Bonchev–Trinajstić information content (AvgIpc) is 2.56. The molecule has 0 bridgehead atoms. The molecule has 2 rings (SSSR count). The van der Waals surface area contributed by atoms with Gasteiger partial charge in [0.15, 0.2) is 5.96 Å². The molecule has 1 heterocycles. The summed E-state index contributed by atoms with van der Waals surface area (Å²) in [5.74, 6) is 0.940. The Morgan fingerprint density at radius 2 is 2.12 bits per heavy atom. The van der Waals surface area contributed by atoms with Crippen molar-refractivity contribution in [2.24, 2.45) is 16.6 Å². The molecule has 3 N–H and O–H groups in total. The highest BCUT2D eigenvalue weighted by Gasteiger charge is 2.23. The summed E-state index contributed by atoms with van der Waals surface area (Å²) in [4.78, 5) is 18.1. The number of nitrogens with zero attached hydrogens (tertiary/aromatic N) is 2. The van der Waals surface area contributed by atoms with Crippen LogP contribution in [-0.2, 0) is 11.2 Å². The minimum absolute atomic E-state index is 0.234. The lowest BCUT2D eigenvalue weighted by Gasteiger charge is -2.34. The SMILES string of the molecule is CCNC(=NCCc1c(Cl)cccc1Cl)N1CCCC(CC(N)=O)C1. The molecule has 1 aromatic carbocycles. The second kappa shape index (κ2) is 9.88. The summed E-state index contributed by atoms with van der Waals surface area (Å²) < 4.78 is 0. The molecule has 1 fully saturated rings. The van der Waals surface area contributed by atoms with Crippen LogP contribution in [0.5, 0.6) is 0 Å². The molecule has 25 heavy (non-hydrogen) atoms. The fraction of sp³-hybridized carbons (Fsp3) is 0.556. The minimum Gasteiger partial charge on any atom is -0.370 e. The normalized spacial score (nSPS) is 18.3. The maximum absolute atomic E-state index is 11.2. The second-order valence-corrected chi connectivity index (χ2v) is 7.12. The Bertz CT molecular complexity index is 601. The summed E-state index contributed by atoms with van der Waals surface area (Å²) in [6.07, 6.45) is 3.20. The van der Waals surface area contributed by atoms with Crippen LogP contribution < -0.4 is 11.1 Å². The highest BCUT2D eigenvalue weighted by atomic mass is 35.5. The molecule has 1 aromatic rings. The number of aliphatic imine (C=N–C) groups is 1. The van der Waals surface area contributed by atoms with Crippen molar-refractivity contribution in [3.63, 3.8) is 0 Å². The van der Waals surface area contributed by atoms with Gasteiger partial charge in [-0.3, -0.25) is 9.79 Å². The van der Waals surface area contributed by atoms with E-state index in [9.17, 15) is 4.79 Å². The number of rotatable bonds is 6. The largest absolute Gasteiger partial charge is 0.370 e. The molecule has 1 saturated heterocycles. The van der Waals surface area contributed by atoms with E-state index in [0.717, 1.165) is 44.0 Å². The number of carbonyl (C=O) groups is 1. The van der Waals surface area contributed by atoms with Crippen LogP contribution in [0, 0.1) is 5.92 Å². The zero-order valence-electron chi connectivity index (χ0n) is 14.6. The molecule has 0 saturated carbocycles. The van der Waals surface area contributed by atoms with Gasteiger partial charge in [-0.15, -0.1) is 0 Å². The van der Waals surface area contributed by atoms with Crippen LogP contribution in [0.3, 0.4) is 0 Å². The van der Waals surface area contributed by atoms with Gasteiger partial charge >= 0.3 is 0 Å². The number of guanidine groups is 1. The van der Waals surface area contributed by atoms with Gasteiger partial charge in [0.1, 0.15) is 0 Å². The highest BCUT2D eigenvalue weighted by molar-refractivity contribution is 6.35. The van der Waals surface area contributed by atoms with E-state index in [0.29, 0.717) is 35.3 Å². The molecule has 7 heteroatoms. The molecular formula is C18H26Cl2N4O. The lowest BCUT2D eigenvalue weighted by molar-refractivity contribution is -0.119. The minimum atomic E-state index is -0.234. The van der Waals surface area contributed by atoms with Gasteiger partial charge in [-0.25, -0.2) is 0 Å². The summed E-state index contributed by atoms with van der Waals surface area (Å²) in [7, 11) is 0. The molecule has 0 radical (unpaired) electrons. The molecule has 0 spiro atoms. The summed E-state index contributed by atoms with van der Waals surface area (Å²) in [6, 6.07) is 5.53. The van der Waals surface area contributed by atoms with Crippen LogP contribution in [0.15, 0.2) is 23.2 Å². The predicted octanol–water partition coefficient (Wildman–Crippen LogP) is 3.09. The van der Waals surface area contributed by atoms with E-state index in [1.54, 1.807) is 0 Å². The van der Waals surface area contributed by atoms with E-state index in [2.05, 4.69) is 10.2 Å². The number of hydrogen-bond acceptors (Lipinski definition) is 2. The maximum Gasteiger partial charge on any atom is 0.217 e. The topological polar surface area (TPSA) is 70.7 Å². The van der Waals surface area contributed by atoms with Crippen molar-refractivity contribution in [3.05, 3.63) is 33.8 Å². The maximum atomic E-state index is 11.2. The molecule has 1 amide bonds. The Morgan fingerprint density at radius 3 is 2.76 bits per heavy atom. The van der Waals surface area contributed by atoms with Gasteiger partial charge in [0.25, 0.3) is 0 Å². The van der Waals surface area contributed by atoms with E-state index in [1.165, 1.54) is 0 Å². The number of piperidine rings is 1.